The minimum absolute atomic E-state index is 0. The third kappa shape index (κ3) is 7.00. The molecule has 0 aliphatic heterocycles. The number of hydrogen-bond acceptors (Lipinski definition) is 3. The first-order valence-electron chi connectivity index (χ1n) is 17.1. The van der Waals surface area contributed by atoms with E-state index in [0.29, 0.717) is 0 Å². The standard InChI is InChI=1S/C44H50N3O.Pt/c1-41(2,3)30-18-19-37(48)35(25-30)40-46-39-33(16-13-17-36(39)47(40)44(10,11)12)28-21-29(24-31(23-28)42(4,5)6)34-26-32(43(7,8)9)22-27-15-14-20-45-38(27)34;/h13-20,22-26,48H,1-12H3;/q-1;. The number of pyridine rings is 1. The summed E-state index contributed by atoms with van der Waals surface area (Å²) >= 11 is 0. The molecule has 0 atom stereocenters. The summed E-state index contributed by atoms with van der Waals surface area (Å²) in [6.45, 7) is 26.7. The topological polar surface area (TPSA) is 50.9 Å². The van der Waals surface area contributed by atoms with Gasteiger partial charge in [-0.05, 0) is 77.8 Å². The molecule has 0 unspecified atom stereocenters. The molecule has 6 rings (SSSR count). The first-order valence-corrected chi connectivity index (χ1v) is 17.1. The molecule has 0 fully saturated rings. The molecule has 4 aromatic carbocycles. The SMILES string of the molecule is CC(C)(C)c1cc(-c2cc(C(C)(C)C)cc3cccnc23)[c-]c(-c2cccc3c2nc(-c2cc(C(C)(C)C)ccc2O)n3C(C)(C)C)c1.[Pt]. The molecule has 0 radical (unpaired) electrons. The van der Waals surface area contributed by atoms with Crippen molar-refractivity contribution in [3.8, 4) is 39.4 Å². The van der Waals surface area contributed by atoms with Gasteiger partial charge < -0.3 is 9.67 Å². The van der Waals surface area contributed by atoms with Gasteiger partial charge in [-0.25, -0.2) is 4.98 Å². The van der Waals surface area contributed by atoms with Crippen LogP contribution in [0.5, 0.6) is 5.75 Å². The number of para-hydroxylation sites is 1. The van der Waals surface area contributed by atoms with E-state index in [1.807, 2.05) is 18.3 Å². The van der Waals surface area contributed by atoms with Crippen molar-refractivity contribution in [2.75, 3.05) is 0 Å². The molecule has 0 spiro atoms. The van der Waals surface area contributed by atoms with Crippen molar-refractivity contribution in [2.24, 2.45) is 0 Å². The number of hydrogen-bond donors (Lipinski definition) is 1. The Kier molecular flexibility index (Phi) is 9.35. The third-order valence-electron chi connectivity index (χ3n) is 9.35. The largest absolute Gasteiger partial charge is 0.507 e. The second kappa shape index (κ2) is 12.5. The maximum Gasteiger partial charge on any atom is 0.144 e. The molecule has 0 saturated carbocycles. The van der Waals surface area contributed by atoms with E-state index in [4.69, 9.17) is 9.97 Å². The molecule has 258 valence electrons. The van der Waals surface area contributed by atoms with Crippen LogP contribution in [0, 0.1) is 6.07 Å². The van der Waals surface area contributed by atoms with E-state index in [1.165, 1.54) is 11.1 Å². The van der Waals surface area contributed by atoms with Crippen molar-refractivity contribution in [1.82, 2.24) is 14.5 Å². The number of nitrogens with zero attached hydrogens (tertiary/aromatic N) is 3. The molecule has 0 aliphatic rings. The van der Waals surface area contributed by atoms with Crippen molar-refractivity contribution < 1.29 is 26.2 Å². The van der Waals surface area contributed by atoms with Crippen molar-refractivity contribution in [3.05, 3.63) is 102 Å². The van der Waals surface area contributed by atoms with Gasteiger partial charge in [-0.2, -0.15) is 0 Å². The number of phenols is 1. The summed E-state index contributed by atoms with van der Waals surface area (Å²) in [7, 11) is 0. The average Bonchev–Trinajstić information content (AvgIpc) is 3.39. The van der Waals surface area contributed by atoms with Crippen LogP contribution in [-0.2, 0) is 42.8 Å². The normalized spacial score (nSPS) is 12.8. The Morgan fingerprint density at radius 3 is 1.80 bits per heavy atom. The second-order valence-electron chi connectivity index (χ2n) is 17.4. The fourth-order valence-corrected chi connectivity index (χ4v) is 6.48. The summed E-state index contributed by atoms with van der Waals surface area (Å²) in [4.78, 5) is 10.2. The fraction of sp³-hybridized carbons (Fsp3) is 0.364. The van der Waals surface area contributed by atoms with Gasteiger partial charge in [0.05, 0.1) is 16.6 Å². The monoisotopic (exact) mass is 831 g/mol. The molecule has 5 heteroatoms. The van der Waals surface area contributed by atoms with Crippen LogP contribution in [0.25, 0.3) is 55.6 Å². The Hall–Kier alpha value is -3.75. The van der Waals surface area contributed by atoms with Gasteiger partial charge >= 0.3 is 0 Å². The molecule has 6 aromatic rings. The van der Waals surface area contributed by atoms with Crippen LogP contribution in [0.3, 0.4) is 0 Å². The number of imidazole rings is 1. The summed E-state index contributed by atoms with van der Waals surface area (Å²) in [6, 6.07) is 29.5. The number of fused-ring (bicyclic) bond motifs is 2. The molecule has 1 N–H and O–H groups in total. The van der Waals surface area contributed by atoms with E-state index in [-0.39, 0.29) is 48.6 Å². The van der Waals surface area contributed by atoms with E-state index in [0.717, 1.165) is 61.1 Å². The molecule has 49 heavy (non-hydrogen) atoms. The Morgan fingerprint density at radius 2 is 1.18 bits per heavy atom. The van der Waals surface area contributed by atoms with E-state index < -0.39 is 0 Å². The van der Waals surface area contributed by atoms with Crippen LogP contribution in [0.4, 0.5) is 0 Å². The Morgan fingerprint density at radius 1 is 0.592 bits per heavy atom. The number of phenolic OH excluding ortho intramolecular Hbond substituents is 1. The molecule has 2 heterocycles. The molecule has 0 aliphatic carbocycles. The van der Waals surface area contributed by atoms with Crippen LogP contribution < -0.4 is 0 Å². The maximum absolute atomic E-state index is 11.2. The molecule has 0 bridgehead atoms. The summed E-state index contributed by atoms with van der Waals surface area (Å²) in [5, 5.41) is 12.4. The first kappa shape index (κ1) is 36.5. The van der Waals surface area contributed by atoms with Gasteiger partial charge in [0.15, 0.2) is 0 Å². The van der Waals surface area contributed by atoms with Crippen LogP contribution in [-0.4, -0.2) is 19.6 Å². The predicted octanol–water partition coefficient (Wildman–Crippen LogP) is 11.7. The molecule has 2 aromatic heterocycles. The molecular formula is C44H50N3OPt-. The first-order chi connectivity index (χ1) is 22.2. The summed E-state index contributed by atoms with van der Waals surface area (Å²) in [5.41, 5.74) is 10.9. The zero-order chi connectivity index (χ0) is 35.0. The zero-order valence-electron chi connectivity index (χ0n) is 31.1. The van der Waals surface area contributed by atoms with Crippen molar-refractivity contribution in [3.63, 3.8) is 0 Å². The summed E-state index contributed by atoms with van der Waals surface area (Å²) in [6.07, 6.45) is 1.88. The van der Waals surface area contributed by atoms with Gasteiger partial charge in [0.2, 0.25) is 0 Å². The van der Waals surface area contributed by atoms with E-state index in [1.54, 1.807) is 6.07 Å². The van der Waals surface area contributed by atoms with Gasteiger partial charge in [0.25, 0.3) is 0 Å². The minimum Gasteiger partial charge on any atom is -0.507 e. The number of rotatable bonds is 3. The molecule has 0 amide bonds. The van der Waals surface area contributed by atoms with Crippen LogP contribution >= 0.6 is 0 Å². The van der Waals surface area contributed by atoms with Gasteiger partial charge in [0.1, 0.15) is 11.6 Å². The second-order valence-corrected chi connectivity index (χ2v) is 17.4. The van der Waals surface area contributed by atoms with Gasteiger partial charge in [-0.15, -0.1) is 34.9 Å². The van der Waals surface area contributed by atoms with Gasteiger partial charge in [-0.1, -0.05) is 110 Å². The fourth-order valence-electron chi connectivity index (χ4n) is 6.48. The average molecular weight is 832 g/mol. The molecule has 0 saturated heterocycles. The predicted molar refractivity (Wildman–Crippen MR) is 203 cm³/mol. The molecular weight excluding hydrogens is 782 g/mol. The quantitative estimate of drug-likeness (QED) is 0.181. The van der Waals surface area contributed by atoms with E-state index >= 15 is 0 Å². The molecule has 4 nitrogen and oxygen atoms in total. The van der Waals surface area contributed by atoms with Crippen molar-refractivity contribution >= 4 is 21.9 Å². The number of aromatic hydroxyl groups is 1. The minimum atomic E-state index is -0.299. The van der Waals surface area contributed by atoms with E-state index in [9.17, 15) is 5.11 Å². The summed E-state index contributed by atoms with van der Waals surface area (Å²) in [5.74, 6) is 0.987. The van der Waals surface area contributed by atoms with Crippen LogP contribution in [0.2, 0.25) is 0 Å². The van der Waals surface area contributed by atoms with Crippen LogP contribution in [0.1, 0.15) is 99.8 Å². The number of benzene rings is 4. The van der Waals surface area contributed by atoms with Crippen molar-refractivity contribution in [2.45, 2.75) is 105 Å². The Labute approximate surface area is 307 Å². The third-order valence-corrected chi connectivity index (χ3v) is 9.35. The van der Waals surface area contributed by atoms with Gasteiger partial charge in [0, 0.05) is 38.3 Å². The maximum atomic E-state index is 11.2. The van der Waals surface area contributed by atoms with Crippen LogP contribution in [0.15, 0.2) is 79.0 Å². The smallest absolute Gasteiger partial charge is 0.144 e. The number of aromatic nitrogens is 3. The van der Waals surface area contributed by atoms with E-state index in [2.05, 4.69) is 148 Å². The summed E-state index contributed by atoms with van der Waals surface area (Å²) < 4.78 is 2.27. The Balaban J connectivity index is 0.00000468. The van der Waals surface area contributed by atoms with Gasteiger partial charge in [-0.3, -0.25) is 4.98 Å². The Bertz CT molecular complexity index is 2180. The zero-order valence-corrected chi connectivity index (χ0v) is 33.4. The van der Waals surface area contributed by atoms with Crippen molar-refractivity contribution in [1.29, 1.82) is 0 Å².